The molecule has 0 fully saturated rings. The molecule has 2 heterocycles. The van der Waals surface area contributed by atoms with Gasteiger partial charge < -0.3 is 14.9 Å². The van der Waals surface area contributed by atoms with E-state index >= 15 is 0 Å². The Morgan fingerprint density at radius 2 is 1.91 bits per heavy atom. The molecule has 0 bridgehead atoms. The first-order valence-corrected chi connectivity index (χ1v) is 7.76. The van der Waals surface area contributed by atoms with E-state index in [1.807, 2.05) is 27.7 Å². The Bertz CT molecular complexity index is 711. The molecule has 3 rings (SSSR count). The molecule has 0 saturated heterocycles. The van der Waals surface area contributed by atoms with Crippen molar-refractivity contribution in [2.24, 2.45) is 0 Å². The summed E-state index contributed by atoms with van der Waals surface area (Å²) in [5.41, 5.74) is 6.20. The van der Waals surface area contributed by atoms with Gasteiger partial charge in [-0.05, 0) is 63.4 Å². The third-order valence-corrected chi connectivity index (χ3v) is 4.84. The van der Waals surface area contributed by atoms with Crippen LogP contribution < -0.4 is 5.32 Å². The third-order valence-electron chi connectivity index (χ3n) is 4.84. The number of aliphatic hydroxyl groups is 1. The van der Waals surface area contributed by atoms with E-state index in [2.05, 4.69) is 36.5 Å². The number of benzene rings is 1. The average molecular weight is 300 g/mol. The normalized spacial score (nSPS) is 23.0. The monoisotopic (exact) mass is 300 g/mol. The first kappa shape index (κ1) is 15.1. The van der Waals surface area contributed by atoms with Crippen LogP contribution in [0.5, 0.6) is 0 Å². The van der Waals surface area contributed by atoms with Crippen LogP contribution in [-0.4, -0.2) is 21.9 Å². The lowest BCUT2D eigenvalue weighted by molar-refractivity contribution is 0.0869. The molecule has 1 aromatic carbocycles. The van der Waals surface area contributed by atoms with Crippen molar-refractivity contribution in [1.82, 2.24) is 5.16 Å². The standard InChI is InChI=1S/C18H24N2O2/c1-9-7-13(15-11(3)20-22-12(15)4)8-14-10(2)17(21)18(5,6)19-16(9)14/h7-8,10,17,19,21H,1-6H3/t10-,17+/m0/s1. The fourth-order valence-corrected chi connectivity index (χ4v) is 3.57. The summed E-state index contributed by atoms with van der Waals surface area (Å²) in [6.07, 6.45) is -0.431. The Hall–Kier alpha value is -1.81. The molecule has 0 unspecified atom stereocenters. The smallest absolute Gasteiger partial charge is 0.141 e. The molecule has 4 heteroatoms. The van der Waals surface area contributed by atoms with E-state index in [9.17, 15) is 5.11 Å². The lowest BCUT2D eigenvalue weighted by atomic mass is 9.77. The van der Waals surface area contributed by atoms with Gasteiger partial charge in [0.25, 0.3) is 0 Å². The molecule has 0 spiro atoms. The van der Waals surface area contributed by atoms with Gasteiger partial charge in [-0.25, -0.2) is 0 Å². The number of rotatable bonds is 1. The van der Waals surface area contributed by atoms with Crippen molar-refractivity contribution in [2.75, 3.05) is 5.32 Å². The summed E-state index contributed by atoms with van der Waals surface area (Å²) < 4.78 is 5.30. The second-order valence-corrected chi connectivity index (χ2v) is 7.04. The van der Waals surface area contributed by atoms with Gasteiger partial charge in [-0.2, -0.15) is 0 Å². The zero-order valence-electron chi connectivity index (χ0n) is 14.1. The Labute approximate surface area is 131 Å². The lowest BCUT2D eigenvalue weighted by Crippen LogP contribution is -2.50. The molecule has 1 aliphatic heterocycles. The fraction of sp³-hybridized carbons (Fsp3) is 0.500. The number of hydrogen-bond acceptors (Lipinski definition) is 4. The van der Waals surface area contributed by atoms with E-state index in [0.717, 1.165) is 33.8 Å². The van der Waals surface area contributed by atoms with Gasteiger partial charge in [-0.15, -0.1) is 0 Å². The van der Waals surface area contributed by atoms with Crippen LogP contribution in [-0.2, 0) is 0 Å². The van der Waals surface area contributed by atoms with Gasteiger partial charge in [0.2, 0.25) is 0 Å². The maximum Gasteiger partial charge on any atom is 0.141 e. The predicted molar refractivity (Wildman–Crippen MR) is 88.3 cm³/mol. The van der Waals surface area contributed by atoms with E-state index in [-0.39, 0.29) is 11.5 Å². The van der Waals surface area contributed by atoms with Crippen LogP contribution in [0.3, 0.4) is 0 Å². The molecule has 0 amide bonds. The Morgan fingerprint density at radius 3 is 2.50 bits per heavy atom. The second kappa shape index (κ2) is 4.85. The topological polar surface area (TPSA) is 58.3 Å². The molecule has 2 aromatic rings. The van der Waals surface area contributed by atoms with Crippen LogP contribution in [0.4, 0.5) is 5.69 Å². The lowest BCUT2D eigenvalue weighted by Gasteiger charge is -2.43. The van der Waals surface area contributed by atoms with E-state index in [1.165, 1.54) is 5.56 Å². The number of aliphatic hydroxyl groups excluding tert-OH is 1. The number of anilines is 1. The number of nitrogens with one attached hydrogen (secondary N) is 1. The van der Waals surface area contributed by atoms with Crippen molar-refractivity contribution in [1.29, 1.82) is 0 Å². The Morgan fingerprint density at radius 1 is 1.23 bits per heavy atom. The van der Waals surface area contributed by atoms with Crippen LogP contribution in [0.15, 0.2) is 16.7 Å². The molecule has 2 atom stereocenters. The van der Waals surface area contributed by atoms with E-state index < -0.39 is 6.10 Å². The molecular formula is C18H24N2O2. The summed E-state index contributed by atoms with van der Waals surface area (Å²) in [6.45, 7) is 12.2. The van der Waals surface area contributed by atoms with Crippen molar-refractivity contribution in [3.63, 3.8) is 0 Å². The molecule has 0 saturated carbocycles. The van der Waals surface area contributed by atoms with Gasteiger partial charge >= 0.3 is 0 Å². The van der Waals surface area contributed by atoms with Crippen LogP contribution in [0, 0.1) is 20.8 Å². The quantitative estimate of drug-likeness (QED) is 0.837. The van der Waals surface area contributed by atoms with Crippen molar-refractivity contribution in [3.05, 3.63) is 34.7 Å². The highest BCUT2D eigenvalue weighted by atomic mass is 16.5. The zero-order valence-corrected chi connectivity index (χ0v) is 14.1. The van der Waals surface area contributed by atoms with E-state index in [1.54, 1.807) is 0 Å². The van der Waals surface area contributed by atoms with Gasteiger partial charge in [-0.1, -0.05) is 12.1 Å². The van der Waals surface area contributed by atoms with Gasteiger partial charge in [0.15, 0.2) is 0 Å². The maximum absolute atomic E-state index is 10.6. The number of hydrogen-bond donors (Lipinski definition) is 2. The Kier molecular flexibility index (Phi) is 3.33. The highest BCUT2D eigenvalue weighted by Crippen LogP contribution is 2.43. The molecule has 22 heavy (non-hydrogen) atoms. The van der Waals surface area contributed by atoms with Gasteiger partial charge in [0, 0.05) is 17.2 Å². The predicted octanol–water partition coefficient (Wildman–Crippen LogP) is 3.94. The summed E-state index contributed by atoms with van der Waals surface area (Å²) in [7, 11) is 0. The fourth-order valence-electron chi connectivity index (χ4n) is 3.57. The van der Waals surface area contributed by atoms with Crippen LogP contribution in [0.1, 0.15) is 49.3 Å². The molecule has 0 radical (unpaired) electrons. The van der Waals surface area contributed by atoms with Gasteiger partial charge in [-0.3, -0.25) is 0 Å². The molecule has 1 aromatic heterocycles. The third kappa shape index (κ3) is 2.13. The van der Waals surface area contributed by atoms with Crippen LogP contribution >= 0.6 is 0 Å². The molecule has 4 nitrogen and oxygen atoms in total. The van der Waals surface area contributed by atoms with Crippen LogP contribution in [0.2, 0.25) is 0 Å². The maximum atomic E-state index is 10.6. The number of fused-ring (bicyclic) bond motifs is 1. The summed E-state index contributed by atoms with van der Waals surface area (Å²) in [6, 6.07) is 4.32. The molecule has 2 N–H and O–H groups in total. The first-order valence-electron chi connectivity index (χ1n) is 7.76. The number of aryl methyl sites for hydroxylation is 3. The highest BCUT2D eigenvalue weighted by molar-refractivity contribution is 5.75. The summed E-state index contributed by atoms with van der Waals surface area (Å²) in [5, 5.41) is 18.1. The van der Waals surface area contributed by atoms with Crippen LogP contribution in [0.25, 0.3) is 11.1 Å². The highest BCUT2D eigenvalue weighted by Gasteiger charge is 2.39. The molecule has 118 valence electrons. The number of aromatic nitrogens is 1. The minimum atomic E-state index is -0.431. The van der Waals surface area contributed by atoms with Gasteiger partial charge in [0.1, 0.15) is 5.76 Å². The SMILES string of the molecule is Cc1cc(-c2c(C)noc2C)cc2c1NC(C)(C)[C@H](O)[C@H]2C. The number of nitrogens with zero attached hydrogens (tertiary/aromatic N) is 1. The second-order valence-electron chi connectivity index (χ2n) is 7.04. The molecule has 1 aliphatic rings. The van der Waals surface area contributed by atoms with Crippen molar-refractivity contribution >= 4 is 5.69 Å². The van der Waals surface area contributed by atoms with Gasteiger partial charge in [0.05, 0.1) is 17.3 Å². The minimum Gasteiger partial charge on any atom is -0.390 e. The average Bonchev–Trinajstić information content (AvgIpc) is 2.77. The molecular weight excluding hydrogens is 276 g/mol. The zero-order chi connectivity index (χ0) is 16.2. The summed E-state index contributed by atoms with van der Waals surface area (Å²) in [5.74, 6) is 0.902. The molecule has 0 aliphatic carbocycles. The van der Waals surface area contributed by atoms with E-state index in [0.29, 0.717) is 0 Å². The Balaban J connectivity index is 2.19. The summed E-state index contributed by atoms with van der Waals surface area (Å²) >= 11 is 0. The first-order chi connectivity index (χ1) is 10.2. The van der Waals surface area contributed by atoms with Crippen molar-refractivity contribution < 1.29 is 9.63 Å². The van der Waals surface area contributed by atoms with Crippen molar-refractivity contribution in [2.45, 2.75) is 59.1 Å². The largest absolute Gasteiger partial charge is 0.390 e. The van der Waals surface area contributed by atoms with E-state index in [4.69, 9.17) is 4.52 Å². The minimum absolute atomic E-state index is 0.0744. The van der Waals surface area contributed by atoms with Crippen molar-refractivity contribution in [3.8, 4) is 11.1 Å². The summed E-state index contributed by atoms with van der Waals surface area (Å²) in [4.78, 5) is 0.